The van der Waals surface area contributed by atoms with E-state index in [2.05, 4.69) is 15.4 Å². The first-order valence-corrected chi connectivity index (χ1v) is 12.3. The van der Waals surface area contributed by atoms with E-state index in [0.29, 0.717) is 50.0 Å². The first-order chi connectivity index (χ1) is 18.1. The number of hydrogen-bond donors (Lipinski definition) is 1. The number of aryl methyl sites for hydroxylation is 1. The smallest absolute Gasteiger partial charge is 0.252 e. The number of aromatic nitrogens is 4. The van der Waals surface area contributed by atoms with Crippen molar-refractivity contribution in [1.82, 2.24) is 24.5 Å². The molecule has 1 saturated heterocycles. The zero-order chi connectivity index (χ0) is 25.4. The standard InChI is InChI=1S/C27H28N6O4/c1-17-14-33-25-23(13-30-33)19-8-20(10-22(9-19)36-15-18-4-3-5-28-12-18)29-6-7-32-21(16-37-26(17)31-25)11-24(35-2)27(32)34/h3-5,8-10,12-14,21,24,29H,6-7,11,15-16H2,1-2H3/t21-,24+/m0/s1. The summed E-state index contributed by atoms with van der Waals surface area (Å²) in [5.41, 5.74) is 5.19. The fourth-order valence-electron chi connectivity index (χ4n) is 4.91. The van der Waals surface area contributed by atoms with Gasteiger partial charge < -0.3 is 24.4 Å². The molecular weight excluding hydrogens is 472 g/mol. The van der Waals surface area contributed by atoms with Gasteiger partial charge in [-0.15, -0.1) is 0 Å². The van der Waals surface area contributed by atoms with E-state index in [1.54, 1.807) is 24.0 Å². The average molecular weight is 501 g/mol. The fourth-order valence-corrected chi connectivity index (χ4v) is 4.91. The predicted molar refractivity (Wildman–Crippen MR) is 137 cm³/mol. The average Bonchev–Trinajstić information content (AvgIpc) is 3.46. The number of fused-ring (bicyclic) bond motifs is 5. The molecule has 1 fully saturated rings. The molecule has 1 aromatic carbocycles. The van der Waals surface area contributed by atoms with E-state index < -0.39 is 6.10 Å². The molecule has 4 aromatic rings. The lowest BCUT2D eigenvalue weighted by atomic mass is 10.1. The van der Waals surface area contributed by atoms with Crippen molar-refractivity contribution in [2.24, 2.45) is 0 Å². The van der Waals surface area contributed by atoms with Crippen molar-refractivity contribution in [3.05, 3.63) is 66.2 Å². The van der Waals surface area contributed by atoms with Crippen molar-refractivity contribution in [2.45, 2.75) is 32.1 Å². The third kappa shape index (κ3) is 4.55. The predicted octanol–water partition coefficient (Wildman–Crippen LogP) is 3.10. The summed E-state index contributed by atoms with van der Waals surface area (Å²) < 4.78 is 19.5. The summed E-state index contributed by atoms with van der Waals surface area (Å²) in [6.07, 6.45) is 7.36. The number of methoxy groups -OCH3 is 1. The highest BCUT2D eigenvalue weighted by molar-refractivity contribution is 5.84. The van der Waals surface area contributed by atoms with Crippen LogP contribution in [0.2, 0.25) is 0 Å². The maximum atomic E-state index is 13.0. The maximum absolute atomic E-state index is 13.0. The van der Waals surface area contributed by atoms with Gasteiger partial charge in [-0.3, -0.25) is 9.78 Å². The lowest BCUT2D eigenvalue weighted by Crippen LogP contribution is -2.41. The second-order valence-corrected chi connectivity index (χ2v) is 9.33. The van der Waals surface area contributed by atoms with Gasteiger partial charge in [0.15, 0.2) is 5.65 Å². The van der Waals surface area contributed by atoms with Crippen LogP contribution in [0, 0.1) is 6.92 Å². The van der Waals surface area contributed by atoms with Crippen LogP contribution < -0.4 is 14.8 Å². The van der Waals surface area contributed by atoms with E-state index in [9.17, 15) is 4.79 Å². The van der Waals surface area contributed by atoms with Crippen LogP contribution in [0.3, 0.4) is 0 Å². The number of anilines is 1. The molecule has 0 aliphatic carbocycles. The minimum absolute atomic E-state index is 0.0163. The Morgan fingerprint density at radius 1 is 1.24 bits per heavy atom. The van der Waals surface area contributed by atoms with Gasteiger partial charge in [-0.2, -0.15) is 10.1 Å². The van der Waals surface area contributed by atoms with Gasteiger partial charge >= 0.3 is 0 Å². The van der Waals surface area contributed by atoms with Crippen molar-refractivity contribution < 1.29 is 19.0 Å². The van der Waals surface area contributed by atoms with Gasteiger partial charge in [0.25, 0.3) is 5.91 Å². The molecule has 0 radical (unpaired) electrons. The second-order valence-electron chi connectivity index (χ2n) is 9.33. The molecule has 10 nitrogen and oxygen atoms in total. The summed E-state index contributed by atoms with van der Waals surface area (Å²) in [5, 5.41) is 8.00. The highest BCUT2D eigenvalue weighted by atomic mass is 16.5. The number of ether oxygens (including phenoxy) is 3. The van der Waals surface area contributed by atoms with Gasteiger partial charge in [0.1, 0.15) is 25.1 Å². The lowest BCUT2D eigenvalue weighted by molar-refractivity contribution is -0.136. The number of hydrogen-bond acceptors (Lipinski definition) is 8. The van der Waals surface area contributed by atoms with Crippen molar-refractivity contribution in [2.75, 3.05) is 32.1 Å². The molecule has 1 N–H and O–H groups in total. The first kappa shape index (κ1) is 23.2. The highest BCUT2D eigenvalue weighted by Crippen LogP contribution is 2.33. The monoisotopic (exact) mass is 500 g/mol. The zero-order valence-electron chi connectivity index (χ0n) is 20.8. The minimum atomic E-state index is -0.460. The van der Waals surface area contributed by atoms with Crippen LogP contribution in [-0.2, 0) is 16.1 Å². The van der Waals surface area contributed by atoms with E-state index in [0.717, 1.165) is 27.9 Å². The molecule has 37 heavy (non-hydrogen) atoms. The Labute approximate surface area is 214 Å². The van der Waals surface area contributed by atoms with Crippen LogP contribution in [0.15, 0.2) is 55.1 Å². The molecule has 2 aliphatic heterocycles. The molecule has 4 bridgehead atoms. The van der Waals surface area contributed by atoms with Crippen LogP contribution >= 0.6 is 0 Å². The van der Waals surface area contributed by atoms with Crippen LogP contribution in [0.4, 0.5) is 5.69 Å². The van der Waals surface area contributed by atoms with E-state index >= 15 is 0 Å². The molecule has 0 spiro atoms. The molecule has 6 rings (SSSR count). The summed E-state index contributed by atoms with van der Waals surface area (Å²) in [6.45, 7) is 3.76. The number of carbonyl (C=O) groups is 1. The van der Waals surface area contributed by atoms with Gasteiger partial charge in [-0.25, -0.2) is 4.52 Å². The molecule has 2 aliphatic rings. The first-order valence-electron chi connectivity index (χ1n) is 12.3. The third-order valence-corrected chi connectivity index (χ3v) is 6.84. The minimum Gasteiger partial charge on any atom is -0.489 e. The van der Waals surface area contributed by atoms with Crippen molar-refractivity contribution in [1.29, 1.82) is 0 Å². The third-order valence-electron chi connectivity index (χ3n) is 6.84. The topological polar surface area (TPSA) is 103 Å². The lowest BCUT2D eigenvalue weighted by Gasteiger charge is -2.25. The van der Waals surface area contributed by atoms with Crippen LogP contribution in [0.5, 0.6) is 11.6 Å². The molecule has 3 aromatic heterocycles. The summed E-state index contributed by atoms with van der Waals surface area (Å²) in [4.78, 5) is 23.8. The molecule has 5 heterocycles. The molecule has 190 valence electrons. The fraction of sp³-hybridized carbons (Fsp3) is 0.333. The van der Waals surface area contributed by atoms with Crippen LogP contribution in [0.1, 0.15) is 17.5 Å². The van der Waals surface area contributed by atoms with E-state index in [-0.39, 0.29) is 11.9 Å². The van der Waals surface area contributed by atoms with Crippen molar-refractivity contribution in [3.63, 3.8) is 0 Å². The summed E-state index contributed by atoms with van der Waals surface area (Å²) in [6, 6.07) is 9.75. The maximum Gasteiger partial charge on any atom is 0.252 e. The van der Waals surface area contributed by atoms with Crippen LogP contribution in [-0.4, -0.2) is 69.3 Å². The Bertz CT molecular complexity index is 1440. The molecular formula is C27H28N6O4. The van der Waals surface area contributed by atoms with Gasteiger partial charge in [0.05, 0.1) is 12.2 Å². The van der Waals surface area contributed by atoms with Gasteiger partial charge in [-0.1, -0.05) is 6.07 Å². The zero-order valence-corrected chi connectivity index (χ0v) is 20.8. The molecule has 10 heteroatoms. The number of carbonyl (C=O) groups excluding carboxylic acids is 1. The SMILES string of the molecule is CO[C@@H]1C[C@H]2COc3nc4c(cnn4cc3C)-c3cc(cc(OCc4cccnc4)c3)NCCN2C1=O. The number of amides is 1. The van der Waals surface area contributed by atoms with E-state index in [4.69, 9.17) is 19.2 Å². The number of rotatable bonds is 4. The quantitative estimate of drug-likeness (QED) is 0.456. The number of nitrogens with zero attached hydrogens (tertiary/aromatic N) is 5. The Kier molecular flexibility index (Phi) is 6.09. The number of benzene rings is 1. The molecule has 1 amide bonds. The Morgan fingerprint density at radius 2 is 2.16 bits per heavy atom. The van der Waals surface area contributed by atoms with Crippen LogP contribution in [0.25, 0.3) is 16.8 Å². The number of pyridine rings is 1. The summed E-state index contributed by atoms with van der Waals surface area (Å²) in [7, 11) is 1.57. The van der Waals surface area contributed by atoms with Gasteiger partial charge in [-0.05, 0) is 30.7 Å². The summed E-state index contributed by atoms with van der Waals surface area (Å²) in [5.74, 6) is 1.22. The summed E-state index contributed by atoms with van der Waals surface area (Å²) >= 11 is 0. The molecule has 0 unspecified atom stereocenters. The largest absolute Gasteiger partial charge is 0.489 e. The Hall–Kier alpha value is -4.18. The second kappa shape index (κ2) is 9.70. The molecule has 2 atom stereocenters. The van der Waals surface area contributed by atoms with Gasteiger partial charge in [0.2, 0.25) is 5.88 Å². The molecule has 0 saturated carbocycles. The van der Waals surface area contributed by atoms with E-state index in [1.807, 2.05) is 54.5 Å². The normalized spacial score (nSPS) is 19.3. The Balaban J connectivity index is 1.39. The van der Waals surface area contributed by atoms with Gasteiger partial charge in [0, 0.05) is 73.7 Å². The Morgan fingerprint density at radius 3 is 3.00 bits per heavy atom. The van der Waals surface area contributed by atoms with Crippen molar-refractivity contribution in [3.8, 4) is 22.8 Å². The van der Waals surface area contributed by atoms with E-state index in [1.165, 1.54) is 0 Å². The van der Waals surface area contributed by atoms with Crippen molar-refractivity contribution >= 4 is 17.2 Å². The highest BCUT2D eigenvalue weighted by Gasteiger charge is 2.40. The number of nitrogens with one attached hydrogen (secondary N) is 1.